The molecule has 4 N–H and O–H groups in total. The zero-order valence-corrected chi connectivity index (χ0v) is 13.7. The standard InChI is InChI=1S/C17H24N4O3/c18-15(22)11-3-1-4-12(9-11)17(24)21-8-6-13(21)10-20-16(23)14-5-2-7-19-14/h2,5,7,11-13,19H,1,3-4,6,8-10H2,(H2,18,22)(H,20,23). The number of hydrogen-bond donors (Lipinski definition) is 3. The smallest absolute Gasteiger partial charge is 0.267 e. The van der Waals surface area contributed by atoms with Crippen molar-refractivity contribution < 1.29 is 14.4 Å². The molecule has 7 nitrogen and oxygen atoms in total. The van der Waals surface area contributed by atoms with Gasteiger partial charge in [-0.25, -0.2) is 0 Å². The Balaban J connectivity index is 1.50. The van der Waals surface area contributed by atoms with Crippen LogP contribution in [0.1, 0.15) is 42.6 Å². The van der Waals surface area contributed by atoms with Crippen LogP contribution >= 0.6 is 0 Å². The lowest BCUT2D eigenvalue weighted by Crippen LogP contribution is -2.57. The first-order chi connectivity index (χ1) is 11.6. The molecule has 3 unspecified atom stereocenters. The highest BCUT2D eigenvalue weighted by Crippen LogP contribution is 2.32. The second kappa shape index (κ2) is 7.07. The fourth-order valence-corrected chi connectivity index (χ4v) is 3.63. The molecule has 1 aromatic heterocycles. The van der Waals surface area contributed by atoms with Crippen molar-refractivity contribution in [3.63, 3.8) is 0 Å². The molecule has 0 radical (unpaired) electrons. The second-order valence-corrected chi connectivity index (χ2v) is 6.73. The van der Waals surface area contributed by atoms with Crippen LogP contribution in [0.3, 0.4) is 0 Å². The average molecular weight is 332 g/mol. The highest BCUT2D eigenvalue weighted by molar-refractivity contribution is 5.92. The van der Waals surface area contributed by atoms with E-state index in [1.54, 1.807) is 18.3 Å². The van der Waals surface area contributed by atoms with Crippen LogP contribution in [0.4, 0.5) is 0 Å². The number of H-pyrrole nitrogens is 1. The predicted octanol–water partition coefficient (Wildman–Crippen LogP) is 0.637. The molecule has 3 amide bonds. The molecule has 1 saturated heterocycles. The molecule has 0 bridgehead atoms. The van der Waals surface area contributed by atoms with Gasteiger partial charge in [-0.2, -0.15) is 0 Å². The molecule has 0 spiro atoms. The largest absolute Gasteiger partial charge is 0.369 e. The summed E-state index contributed by atoms with van der Waals surface area (Å²) in [7, 11) is 0. The lowest BCUT2D eigenvalue weighted by atomic mass is 9.79. The number of likely N-dealkylation sites (tertiary alicyclic amines) is 1. The molecule has 0 aromatic carbocycles. The Hall–Kier alpha value is -2.31. The normalized spacial score (nSPS) is 26.5. The zero-order valence-electron chi connectivity index (χ0n) is 13.7. The molecular weight excluding hydrogens is 308 g/mol. The molecule has 1 aromatic rings. The molecule has 2 aliphatic rings. The number of aromatic amines is 1. The molecule has 1 aliphatic carbocycles. The Kier molecular flexibility index (Phi) is 4.87. The van der Waals surface area contributed by atoms with Crippen molar-refractivity contribution in [2.75, 3.05) is 13.1 Å². The summed E-state index contributed by atoms with van der Waals surface area (Å²) in [5.41, 5.74) is 5.91. The van der Waals surface area contributed by atoms with Crippen molar-refractivity contribution in [1.82, 2.24) is 15.2 Å². The van der Waals surface area contributed by atoms with Crippen molar-refractivity contribution in [2.24, 2.45) is 17.6 Å². The molecule has 2 heterocycles. The zero-order chi connectivity index (χ0) is 17.1. The second-order valence-electron chi connectivity index (χ2n) is 6.73. The minimum atomic E-state index is -0.300. The summed E-state index contributed by atoms with van der Waals surface area (Å²) in [4.78, 5) is 40.7. The Morgan fingerprint density at radius 2 is 2.04 bits per heavy atom. The summed E-state index contributed by atoms with van der Waals surface area (Å²) >= 11 is 0. The van der Waals surface area contributed by atoms with E-state index in [0.29, 0.717) is 18.7 Å². The maximum Gasteiger partial charge on any atom is 0.267 e. The highest BCUT2D eigenvalue weighted by atomic mass is 16.2. The van der Waals surface area contributed by atoms with E-state index in [-0.39, 0.29) is 35.6 Å². The highest BCUT2D eigenvalue weighted by Gasteiger charge is 2.38. The van der Waals surface area contributed by atoms with E-state index >= 15 is 0 Å². The molecule has 2 fully saturated rings. The first kappa shape index (κ1) is 16.5. The minimum Gasteiger partial charge on any atom is -0.369 e. The Morgan fingerprint density at radius 1 is 1.25 bits per heavy atom. The quantitative estimate of drug-likeness (QED) is 0.736. The van der Waals surface area contributed by atoms with E-state index < -0.39 is 0 Å². The maximum absolute atomic E-state index is 12.7. The minimum absolute atomic E-state index is 0.0466. The van der Waals surface area contributed by atoms with Crippen molar-refractivity contribution in [1.29, 1.82) is 0 Å². The van der Waals surface area contributed by atoms with Crippen LogP contribution in [0.5, 0.6) is 0 Å². The van der Waals surface area contributed by atoms with Crippen molar-refractivity contribution in [2.45, 2.75) is 38.1 Å². The number of aromatic nitrogens is 1. The van der Waals surface area contributed by atoms with Gasteiger partial charge in [0, 0.05) is 31.1 Å². The van der Waals surface area contributed by atoms with Crippen molar-refractivity contribution >= 4 is 17.7 Å². The lowest BCUT2D eigenvalue weighted by molar-refractivity contribution is -0.145. The summed E-state index contributed by atoms with van der Waals surface area (Å²) in [6, 6.07) is 3.53. The van der Waals surface area contributed by atoms with Gasteiger partial charge in [0.25, 0.3) is 5.91 Å². The van der Waals surface area contributed by atoms with E-state index in [2.05, 4.69) is 10.3 Å². The topological polar surface area (TPSA) is 108 Å². The number of carbonyl (C=O) groups excluding carboxylic acids is 3. The van der Waals surface area contributed by atoms with E-state index in [1.165, 1.54) is 0 Å². The van der Waals surface area contributed by atoms with Crippen LogP contribution in [-0.2, 0) is 9.59 Å². The third kappa shape index (κ3) is 3.44. The van der Waals surface area contributed by atoms with E-state index in [0.717, 1.165) is 32.2 Å². The van der Waals surface area contributed by atoms with Gasteiger partial charge in [-0.05, 0) is 37.8 Å². The molecular formula is C17H24N4O3. The van der Waals surface area contributed by atoms with Crippen molar-refractivity contribution in [3.05, 3.63) is 24.0 Å². The summed E-state index contributed by atoms with van der Waals surface area (Å²) in [6.07, 6.45) is 5.63. The summed E-state index contributed by atoms with van der Waals surface area (Å²) in [5, 5.41) is 2.86. The molecule has 3 atom stereocenters. The molecule has 3 rings (SSSR count). The van der Waals surface area contributed by atoms with Crippen LogP contribution in [0, 0.1) is 11.8 Å². The van der Waals surface area contributed by atoms with E-state index in [4.69, 9.17) is 5.73 Å². The number of carbonyl (C=O) groups is 3. The number of amides is 3. The Bertz CT molecular complexity index is 613. The third-order valence-electron chi connectivity index (χ3n) is 5.19. The summed E-state index contributed by atoms with van der Waals surface area (Å²) in [6.45, 7) is 1.18. The summed E-state index contributed by atoms with van der Waals surface area (Å²) < 4.78 is 0. The maximum atomic E-state index is 12.7. The number of primary amides is 1. The van der Waals surface area contributed by atoms with Crippen LogP contribution < -0.4 is 11.1 Å². The number of nitrogens with one attached hydrogen (secondary N) is 2. The van der Waals surface area contributed by atoms with E-state index in [1.807, 2.05) is 4.90 Å². The molecule has 1 saturated carbocycles. The van der Waals surface area contributed by atoms with Gasteiger partial charge in [-0.3, -0.25) is 14.4 Å². The van der Waals surface area contributed by atoms with Gasteiger partial charge in [0.2, 0.25) is 11.8 Å². The Labute approximate surface area is 141 Å². The van der Waals surface area contributed by atoms with Crippen LogP contribution in [0.15, 0.2) is 18.3 Å². The van der Waals surface area contributed by atoms with Crippen LogP contribution in [-0.4, -0.2) is 46.7 Å². The van der Waals surface area contributed by atoms with Gasteiger partial charge in [0.05, 0.1) is 6.04 Å². The molecule has 7 heteroatoms. The third-order valence-corrected chi connectivity index (χ3v) is 5.19. The van der Waals surface area contributed by atoms with Gasteiger partial charge in [-0.15, -0.1) is 0 Å². The molecule has 24 heavy (non-hydrogen) atoms. The van der Waals surface area contributed by atoms with E-state index in [9.17, 15) is 14.4 Å². The van der Waals surface area contributed by atoms with Crippen LogP contribution in [0.25, 0.3) is 0 Å². The van der Waals surface area contributed by atoms with Crippen molar-refractivity contribution in [3.8, 4) is 0 Å². The fraction of sp³-hybridized carbons (Fsp3) is 0.588. The van der Waals surface area contributed by atoms with Gasteiger partial charge in [0.15, 0.2) is 0 Å². The Morgan fingerprint density at radius 3 is 2.67 bits per heavy atom. The van der Waals surface area contributed by atoms with Crippen LogP contribution in [0.2, 0.25) is 0 Å². The van der Waals surface area contributed by atoms with Gasteiger partial charge >= 0.3 is 0 Å². The summed E-state index contributed by atoms with van der Waals surface area (Å²) in [5.74, 6) is -0.652. The average Bonchev–Trinajstić information content (AvgIpc) is 3.08. The van der Waals surface area contributed by atoms with Gasteiger partial charge in [-0.1, -0.05) is 6.42 Å². The monoisotopic (exact) mass is 332 g/mol. The SMILES string of the molecule is NC(=O)C1CCCC(C(=O)N2CCC2CNC(=O)c2ccc[nH]2)C1. The number of hydrogen-bond acceptors (Lipinski definition) is 3. The first-order valence-corrected chi connectivity index (χ1v) is 8.57. The molecule has 130 valence electrons. The van der Waals surface area contributed by atoms with Gasteiger partial charge < -0.3 is 20.9 Å². The number of nitrogens with zero attached hydrogens (tertiary/aromatic N) is 1. The predicted molar refractivity (Wildman–Crippen MR) is 87.9 cm³/mol. The first-order valence-electron chi connectivity index (χ1n) is 8.57. The lowest BCUT2D eigenvalue weighted by Gasteiger charge is -2.43. The fourth-order valence-electron chi connectivity index (χ4n) is 3.63. The number of rotatable bonds is 5. The van der Waals surface area contributed by atoms with Gasteiger partial charge in [0.1, 0.15) is 5.69 Å². The number of nitrogens with two attached hydrogens (primary N) is 1. The molecule has 1 aliphatic heterocycles.